The van der Waals surface area contributed by atoms with Gasteiger partial charge in [-0.3, -0.25) is 14.8 Å². The molecule has 33 heavy (non-hydrogen) atoms. The molecule has 0 saturated carbocycles. The summed E-state index contributed by atoms with van der Waals surface area (Å²) in [7, 11) is 1.48. The van der Waals surface area contributed by atoms with Crippen LogP contribution in [-0.2, 0) is 4.79 Å². The first-order valence-electron chi connectivity index (χ1n) is 9.58. The number of phenols is 1. The van der Waals surface area contributed by atoms with E-state index in [4.69, 9.17) is 27.9 Å². The van der Waals surface area contributed by atoms with Crippen molar-refractivity contribution in [3.63, 3.8) is 0 Å². The number of benzene rings is 2. The molecule has 0 spiro atoms. The van der Waals surface area contributed by atoms with Gasteiger partial charge in [0.1, 0.15) is 24.2 Å². The summed E-state index contributed by atoms with van der Waals surface area (Å²) in [6.07, 6.45) is 4.82. The molecule has 0 bridgehead atoms. The third kappa shape index (κ3) is 5.71. The minimum atomic E-state index is -0.716. The molecule has 0 aliphatic heterocycles. The number of hydrogen-bond acceptors (Lipinski definition) is 7. The number of aliphatic hydroxyl groups is 1. The number of nitriles is 1. The molecule has 0 aliphatic rings. The predicted molar refractivity (Wildman–Crippen MR) is 124 cm³/mol. The molecule has 3 aromatic rings. The first-order chi connectivity index (χ1) is 15.8. The number of phenolic OH excluding ortho intramolecular Hbond substituents is 1. The van der Waals surface area contributed by atoms with Crippen LogP contribution in [0, 0.1) is 11.3 Å². The number of rotatable bonds is 7. The number of nitrogens with zero attached hydrogens (tertiary/aromatic N) is 4. The van der Waals surface area contributed by atoms with Crippen LogP contribution in [0.15, 0.2) is 60.6 Å². The Balaban J connectivity index is 1.68. The molecule has 2 N–H and O–H groups in total. The van der Waals surface area contributed by atoms with Gasteiger partial charge in [-0.25, -0.2) is 0 Å². The molecule has 1 aromatic heterocycles. The molecule has 0 atom stereocenters. The lowest BCUT2D eigenvalue weighted by Crippen LogP contribution is -2.32. The zero-order chi connectivity index (χ0) is 24.0. The van der Waals surface area contributed by atoms with Gasteiger partial charge in [0, 0.05) is 30.6 Å². The van der Waals surface area contributed by atoms with Crippen molar-refractivity contribution in [1.82, 2.24) is 14.9 Å². The number of amides is 1. The molecule has 168 valence electrons. The second kappa shape index (κ2) is 10.7. The Kier molecular flexibility index (Phi) is 7.72. The van der Waals surface area contributed by atoms with Gasteiger partial charge in [0.2, 0.25) is 0 Å². The Morgan fingerprint density at radius 3 is 2.58 bits per heavy atom. The van der Waals surface area contributed by atoms with Gasteiger partial charge in [-0.05, 0) is 24.3 Å². The molecule has 2 aromatic carbocycles. The SMILES string of the molecule is CN(CCOc1cccc(-c2cnccn2)c1)C(=O)/C(C#N)=C(\O)c1cc(Cl)c(O)c(Cl)c1. The molecule has 0 unspecified atom stereocenters. The Morgan fingerprint density at radius 1 is 1.21 bits per heavy atom. The average Bonchev–Trinajstić information content (AvgIpc) is 2.83. The van der Waals surface area contributed by atoms with Crippen LogP contribution in [0.5, 0.6) is 11.5 Å². The van der Waals surface area contributed by atoms with Crippen molar-refractivity contribution in [2.75, 3.05) is 20.2 Å². The molecular weight excluding hydrogens is 467 g/mol. The third-order valence-corrected chi connectivity index (χ3v) is 5.16. The molecule has 0 aliphatic carbocycles. The summed E-state index contributed by atoms with van der Waals surface area (Å²) in [5.41, 5.74) is 1.05. The lowest BCUT2D eigenvalue weighted by molar-refractivity contribution is -0.125. The fraction of sp³-hybridized carbons (Fsp3) is 0.130. The number of likely N-dealkylation sites (N-methyl/N-ethyl adjacent to an activating group) is 1. The molecule has 10 heteroatoms. The average molecular weight is 485 g/mol. The van der Waals surface area contributed by atoms with Crippen molar-refractivity contribution >= 4 is 34.9 Å². The maximum atomic E-state index is 12.7. The van der Waals surface area contributed by atoms with Gasteiger partial charge in [-0.2, -0.15) is 5.26 Å². The minimum Gasteiger partial charge on any atom is -0.506 e. The highest BCUT2D eigenvalue weighted by molar-refractivity contribution is 6.37. The van der Waals surface area contributed by atoms with E-state index in [1.807, 2.05) is 12.1 Å². The Labute approximate surface area is 199 Å². The van der Waals surface area contributed by atoms with E-state index in [0.29, 0.717) is 11.4 Å². The summed E-state index contributed by atoms with van der Waals surface area (Å²) in [6.45, 7) is 0.284. The zero-order valence-electron chi connectivity index (χ0n) is 17.4. The standard InChI is InChI=1S/C23H18Cl2N4O4/c1-29(7-8-33-16-4-2-3-14(9-16)20-13-27-5-6-28-20)23(32)17(12-26)21(30)15-10-18(24)22(31)19(25)11-15/h2-6,9-11,13,30-31H,7-8H2,1H3/b21-17-. The van der Waals surface area contributed by atoms with Gasteiger partial charge in [0.15, 0.2) is 11.3 Å². The Morgan fingerprint density at radius 2 is 1.94 bits per heavy atom. The van der Waals surface area contributed by atoms with Crippen LogP contribution in [0.4, 0.5) is 0 Å². The van der Waals surface area contributed by atoms with Gasteiger partial charge in [-0.1, -0.05) is 35.3 Å². The summed E-state index contributed by atoms with van der Waals surface area (Å²) >= 11 is 11.7. The number of ether oxygens (including phenoxy) is 1. The summed E-state index contributed by atoms with van der Waals surface area (Å²) in [5.74, 6) is -1.10. The number of carbonyl (C=O) groups is 1. The van der Waals surface area contributed by atoms with E-state index in [1.165, 1.54) is 24.1 Å². The van der Waals surface area contributed by atoms with Gasteiger partial charge in [0.25, 0.3) is 5.91 Å². The predicted octanol–water partition coefficient (Wildman–Crippen LogP) is 4.49. The smallest absolute Gasteiger partial charge is 0.268 e. The van der Waals surface area contributed by atoms with E-state index in [0.717, 1.165) is 5.56 Å². The first-order valence-corrected chi connectivity index (χ1v) is 10.3. The molecule has 1 amide bonds. The monoisotopic (exact) mass is 484 g/mol. The van der Waals surface area contributed by atoms with Gasteiger partial charge in [-0.15, -0.1) is 0 Å². The van der Waals surface area contributed by atoms with Crippen LogP contribution < -0.4 is 4.74 Å². The van der Waals surface area contributed by atoms with Crippen molar-refractivity contribution in [3.05, 3.63) is 76.2 Å². The minimum absolute atomic E-state index is 0.0261. The highest BCUT2D eigenvalue weighted by Crippen LogP contribution is 2.35. The fourth-order valence-electron chi connectivity index (χ4n) is 2.83. The molecule has 8 nitrogen and oxygen atoms in total. The summed E-state index contributed by atoms with van der Waals surface area (Å²) < 4.78 is 5.73. The van der Waals surface area contributed by atoms with Crippen molar-refractivity contribution in [3.8, 4) is 28.8 Å². The van der Waals surface area contributed by atoms with Crippen molar-refractivity contribution in [2.24, 2.45) is 0 Å². The van der Waals surface area contributed by atoms with Crippen LogP contribution in [-0.4, -0.2) is 51.2 Å². The van der Waals surface area contributed by atoms with Crippen LogP contribution >= 0.6 is 23.2 Å². The van der Waals surface area contributed by atoms with Gasteiger partial charge in [0.05, 0.1) is 28.5 Å². The van der Waals surface area contributed by atoms with E-state index in [2.05, 4.69) is 9.97 Å². The lowest BCUT2D eigenvalue weighted by atomic mass is 10.1. The third-order valence-electron chi connectivity index (χ3n) is 4.59. The topological polar surface area (TPSA) is 120 Å². The van der Waals surface area contributed by atoms with E-state index in [9.17, 15) is 20.3 Å². The fourth-order valence-corrected chi connectivity index (χ4v) is 3.32. The maximum Gasteiger partial charge on any atom is 0.268 e. The number of aromatic nitrogens is 2. The van der Waals surface area contributed by atoms with Gasteiger partial charge < -0.3 is 19.8 Å². The van der Waals surface area contributed by atoms with E-state index in [-0.39, 0.29) is 34.5 Å². The van der Waals surface area contributed by atoms with E-state index < -0.39 is 17.2 Å². The Bertz CT molecular complexity index is 1220. The molecule has 0 radical (unpaired) electrons. The number of aliphatic hydroxyl groups excluding tert-OH is 1. The highest BCUT2D eigenvalue weighted by Gasteiger charge is 2.21. The second-order valence-electron chi connectivity index (χ2n) is 6.82. The van der Waals surface area contributed by atoms with Crippen molar-refractivity contribution in [1.29, 1.82) is 5.26 Å². The number of aromatic hydroxyl groups is 1. The first kappa shape index (κ1) is 23.9. The van der Waals surface area contributed by atoms with E-state index in [1.54, 1.807) is 36.8 Å². The molecule has 0 fully saturated rings. The molecular formula is C23H18Cl2N4O4. The quantitative estimate of drug-likeness (QED) is 0.288. The van der Waals surface area contributed by atoms with Crippen molar-refractivity contribution < 1.29 is 19.7 Å². The Hall–Kier alpha value is -3.80. The largest absolute Gasteiger partial charge is 0.506 e. The zero-order valence-corrected chi connectivity index (χ0v) is 18.9. The maximum absolute atomic E-state index is 12.7. The van der Waals surface area contributed by atoms with Gasteiger partial charge >= 0.3 is 0 Å². The lowest BCUT2D eigenvalue weighted by Gasteiger charge is -2.18. The van der Waals surface area contributed by atoms with Crippen LogP contribution in [0.3, 0.4) is 0 Å². The second-order valence-corrected chi connectivity index (χ2v) is 7.63. The molecule has 0 saturated heterocycles. The van der Waals surface area contributed by atoms with Crippen LogP contribution in [0.25, 0.3) is 17.0 Å². The summed E-state index contributed by atoms with van der Waals surface area (Å²) in [6, 6.07) is 11.4. The summed E-state index contributed by atoms with van der Waals surface area (Å²) in [4.78, 5) is 22.2. The van der Waals surface area contributed by atoms with Crippen molar-refractivity contribution in [2.45, 2.75) is 0 Å². The normalized spacial score (nSPS) is 11.3. The molecule has 3 rings (SSSR count). The highest BCUT2D eigenvalue weighted by atomic mass is 35.5. The van der Waals surface area contributed by atoms with E-state index >= 15 is 0 Å². The number of carbonyl (C=O) groups excluding carboxylic acids is 1. The van der Waals surface area contributed by atoms with Crippen LogP contribution in [0.2, 0.25) is 10.0 Å². The number of hydrogen-bond donors (Lipinski definition) is 2. The molecule has 1 heterocycles. The summed E-state index contributed by atoms with van der Waals surface area (Å²) in [5, 5.41) is 29.3. The van der Waals surface area contributed by atoms with Crippen LogP contribution in [0.1, 0.15) is 5.56 Å². The number of halogens is 2.